The third kappa shape index (κ3) is 9.01. The summed E-state index contributed by atoms with van der Waals surface area (Å²) in [6.45, 7) is -0.0125. The minimum atomic E-state index is -1.40. The van der Waals surface area contributed by atoms with E-state index in [4.69, 9.17) is 15.9 Å². The lowest BCUT2D eigenvalue weighted by Gasteiger charge is -2.19. The second-order valence-corrected chi connectivity index (χ2v) is 6.49. The van der Waals surface area contributed by atoms with Gasteiger partial charge in [-0.3, -0.25) is 24.0 Å². The van der Waals surface area contributed by atoms with Crippen LogP contribution in [0.5, 0.6) is 0 Å². The van der Waals surface area contributed by atoms with Gasteiger partial charge in [-0.1, -0.05) is 0 Å². The van der Waals surface area contributed by atoms with E-state index >= 15 is 0 Å². The Morgan fingerprint density at radius 3 is 2.28 bits per heavy atom. The number of hydrogen-bond acceptors (Lipinski definition) is 7. The van der Waals surface area contributed by atoms with Crippen LogP contribution < -0.4 is 27.0 Å². The first-order valence-corrected chi connectivity index (χ1v) is 8.94. The molecule has 1 fully saturated rings. The molecule has 162 valence electrons. The molecule has 1 aliphatic rings. The number of carbonyl (C=O) groups is 6. The molecule has 1 rings (SSSR count). The lowest BCUT2D eigenvalue weighted by Crippen LogP contribution is -2.54. The lowest BCUT2D eigenvalue weighted by atomic mass is 10.1. The normalized spacial score (nSPS) is 17.6. The Labute approximate surface area is 165 Å². The molecule has 0 bridgehead atoms. The Kier molecular flexibility index (Phi) is 9.51. The van der Waals surface area contributed by atoms with Crippen molar-refractivity contribution in [2.45, 2.75) is 50.2 Å². The molecule has 0 aliphatic carbocycles. The molecule has 0 spiro atoms. The van der Waals surface area contributed by atoms with Crippen molar-refractivity contribution in [3.63, 3.8) is 0 Å². The maximum absolute atomic E-state index is 12.2. The van der Waals surface area contributed by atoms with E-state index in [0.717, 1.165) is 6.42 Å². The Balaban J connectivity index is 2.58. The van der Waals surface area contributed by atoms with E-state index in [1.807, 2.05) is 0 Å². The molecular formula is C16H25N5O8. The standard InChI is InChI=1S/C16H25N5O8/c17-11(22)4-3-9(16(28)29)20-12(23)7-19-14(26)10(6-13(24)25)21-15(27)8-2-1-5-18-8/h8-10,18H,1-7H2,(H2,17,22)(H,19,26)(H,20,23)(H,21,27)(H,24,25)(H,28,29). The highest BCUT2D eigenvalue weighted by molar-refractivity contribution is 5.94. The van der Waals surface area contributed by atoms with Crippen molar-refractivity contribution in [1.82, 2.24) is 21.3 Å². The van der Waals surface area contributed by atoms with Crippen molar-refractivity contribution < 1.29 is 39.0 Å². The second-order valence-electron chi connectivity index (χ2n) is 6.49. The number of carbonyl (C=O) groups excluding carboxylic acids is 4. The van der Waals surface area contributed by atoms with Crippen molar-refractivity contribution >= 4 is 35.6 Å². The summed E-state index contributed by atoms with van der Waals surface area (Å²) >= 11 is 0. The van der Waals surface area contributed by atoms with Crippen molar-refractivity contribution in [2.24, 2.45) is 5.73 Å². The van der Waals surface area contributed by atoms with Gasteiger partial charge < -0.3 is 37.2 Å². The van der Waals surface area contributed by atoms with Crippen LogP contribution in [0.2, 0.25) is 0 Å². The molecule has 29 heavy (non-hydrogen) atoms. The van der Waals surface area contributed by atoms with Crippen LogP contribution in [0, 0.1) is 0 Å². The molecule has 0 aromatic rings. The number of carboxylic acid groups (broad SMARTS) is 2. The average molecular weight is 415 g/mol. The van der Waals surface area contributed by atoms with E-state index in [2.05, 4.69) is 21.3 Å². The lowest BCUT2D eigenvalue weighted by molar-refractivity contribution is -0.142. The summed E-state index contributed by atoms with van der Waals surface area (Å²) in [6.07, 6.45) is 0.149. The first-order valence-electron chi connectivity index (χ1n) is 8.94. The van der Waals surface area contributed by atoms with Crippen LogP contribution in [0.25, 0.3) is 0 Å². The molecular weight excluding hydrogens is 390 g/mol. The smallest absolute Gasteiger partial charge is 0.326 e. The Hall–Kier alpha value is -3.22. The Morgan fingerprint density at radius 1 is 1.07 bits per heavy atom. The van der Waals surface area contributed by atoms with E-state index in [1.54, 1.807) is 0 Å². The number of rotatable bonds is 12. The van der Waals surface area contributed by atoms with Gasteiger partial charge in [0.05, 0.1) is 19.0 Å². The van der Waals surface area contributed by atoms with Crippen molar-refractivity contribution in [2.75, 3.05) is 13.1 Å². The van der Waals surface area contributed by atoms with Crippen molar-refractivity contribution in [1.29, 1.82) is 0 Å². The number of aliphatic carboxylic acids is 2. The van der Waals surface area contributed by atoms with Gasteiger partial charge in [-0.25, -0.2) is 4.79 Å². The highest BCUT2D eigenvalue weighted by atomic mass is 16.4. The Morgan fingerprint density at radius 2 is 1.76 bits per heavy atom. The predicted octanol–water partition coefficient (Wildman–Crippen LogP) is -3.35. The van der Waals surface area contributed by atoms with E-state index < -0.39 is 66.7 Å². The van der Waals surface area contributed by atoms with Crippen LogP contribution in [0.3, 0.4) is 0 Å². The average Bonchev–Trinajstić information content (AvgIpc) is 3.16. The minimum absolute atomic E-state index is 0.226. The molecule has 0 aromatic heterocycles. The van der Waals surface area contributed by atoms with E-state index in [1.165, 1.54) is 0 Å². The molecule has 1 saturated heterocycles. The van der Waals surface area contributed by atoms with Gasteiger partial charge in [-0.15, -0.1) is 0 Å². The predicted molar refractivity (Wildman–Crippen MR) is 96.2 cm³/mol. The molecule has 3 atom stereocenters. The van der Waals surface area contributed by atoms with Crippen LogP contribution in [0.4, 0.5) is 0 Å². The first kappa shape index (κ1) is 23.8. The van der Waals surface area contributed by atoms with Gasteiger partial charge in [0.15, 0.2) is 0 Å². The quantitative estimate of drug-likeness (QED) is 0.169. The number of nitrogens with one attached hydrogen (secondary N) is 4. The zero-order valence-electron chi connectivity index (χ0n) is 15.6. The summed E-state index contributed by atoms with van der Waals surface area (Å²) in [5.41, 5.74) is 4.94. The largest absolute Gasteiger partial charge is 0.481 e. The van der Waals surface area contributed by atoms with E-state index in [0.29, 0.717) is 13.0 Å². The van der Waals surface area contributed by atoms with Crippen molar-refractivity contribution in [3.8, 4) is 0 Å². The molecule has 3 unspecified atom stereocenters. The fraction of sp³-hybridized carbons (Fsp3) is 0.625. The van der Waals surface area contributed by atoms with E-state index in [9.17, 15) is 28.8 Å². The van der Waals surface area contributed by atoms with Crippen LogP contribution in [0.1, 0.15) is 32.1 Å². The molecule has 8 N–H and O–H groups in total. The fourth-order valence-electron chi connectivity index (χ4n) is 2.64. The van der Waals surface area contributed by atoms with Crippen LogP contribution in [-0.2, 0) is 28.8 Å². The summed E-state index contributed by atoms with van der Waals surface area (Å²) in [7, 11) is 0. The molecule has 13 heteroatoms. The molecule has 0 aromatic carbocycles. The third-order valence-corrected chi connectivity index (χ3v) is 4.12. The van der Waals surface area contributed by atoms with Gasteiger partial charge in [0, 0.05) is 6.42 Å². The zero-order valence-corrected chi connectivity index (χ0v) is 15.6. The molecule has 13 nitrogen and oxygen atoms in total. The highest BCUT2D eigenvalue weighted by Crippen LogP contribution is 2.06. The number of amides is 4. The molecule has 0 saturated carbocycles. The number of nitrogens with two attached hydrogens (primary N) is 1. The van der Waals surface area contributed by atoms with Crippen LogP contribution in [-0.4, -0.2) is 77.0 Å². The molecule has 1 aliphatic heterocycles. The second kappa shape index (κ2) is 11.6. The first-order chi connectivity index (χ1) is 13.6. The zero-order chi connectivity index (χ0) is 22.0. The van der Waals surface area contributed by atoms with Crippen LogP contribution >= 0.6 is 0 Å². The van der Waals surface area contributed by atoms with Crippen molar-refractivity contribution in [3.05, 3.63) is 0 Å². The van der Waals surface area contributed by atoms with Gasteiger partial charge in [0.2, 0.25) is 23.6 Å². The van der Waals surface area contributed by atoms with E-state index in [-0.39, 0.29) is 12.8 Å². The number of primary amides is 1. The van der Waals surface area contributed by atoms with Gasteiger partial charge in [0.1, 0.15) is 12.1 Å². The topological polar surface area (TPSA) is 217 Å². The maximum atomic E-state index is 12.2. The SMILES string of the molecule is NC(=O)CCC(NC(=O)CNC(=O)C(CC(=O)O)NC(=O)C1CCCN1)C(=O)O. The van der Waals surface area contributed by atoms with Gasteiger partial charge in [-0.05, 0) is 25.8 Å². The van der Waals surface area contributed by atoms with Gasteiger partial charge in [-0.2, -0.15) is 0 Å². The number of carboxylic acids is 2. The molecule has 4 amide bonds. The minimum Gasteiger partial charge on any atom is -0.481 e. The maximum Gasteiger partial charge on any atom is 0.326 e. The van der Waals surface area contributed by atoms with Crippen LogP contribution in [0.15, 0.2) is 0 Å². The van der Waals surface area contributed by atoms with Gasteiger partial charge in [0.25, 0.3) is 0 Å². The summed E-state index contributed by atoms with van der Waals surface area (Å²) in [6, 6.07) is -3.31. The van der Waals surface area contributed by atoms with Gasteiger partial charge >= 0.3 is 11.9 Å². The number of hydrogen-bond donors (Lipinski definition) is 7. The monoisotopic (exact) mass is 415 g/mol. The third-order valence-electron chi connectivity index (χ3n) is 4.12. The summed E-state index contributed by atoms with van der Waals surface area (Å²) in [5, 5.41) is 27.5. The fourth-order valence-corrected chi connectivity index (χ4v) is 2.64. The highest BCUT2D eigenvalue weighted by Gasteiger charge is 2.29. The molecule has 0 radical (unpaired) electrons. The summed E-state index contributed by atoms with van der Waals surface area (Å²) in [5.74, 6) is -5.74. The Bertz CT molecular complexity index is 662. The summed E-state index contributed by atoms with van der Waals surface area (Å²) < 4.78 is 0. The summed E-state index contributed by atoms with van der Waals surface area (Å²) in [4.78, 5) is 69.0. The molecule has 1 heterocycles.